The van der Waals surface area contributed by atoms with Gasteiger partial charge in [-0.15, -0.1) is 0 Å². The van der Waals surface area contributed by atoms with Gasteiger partial charge in [0.1, 0.15) is 5.52 Å². The van der Waals surface area contributed by atoms with Crippen LogP contribution < -0.4 is 10.6 Å². The number of fused-ring (bicyclic) bond motifs is 1. The summed E-state index contributed by atoms with van der Waals surface area (Å²) in [5.41, 5.74) is 4.07. The van der Waals surface area contributed by atoms with E-state index in [1.807, 2.05) is 18.2 Å². The highest BCUT2D eigenvalue weighted by molar-refractivity contribution is 7.80. The number of benzene rings is 3. The van der Waals surface area contributed by atoms with Gasteiger partial charge in [-0.2, -0.15) is 0 Å². The average molecular weight is 509 g/mol. The van der Waals surface area contributed by atoms with E-state index in [0.29, 0.717) is 17.5 Å². The number of non-ortho nitro benzene ring substituents is 1. The van der Waals surface area contributed by atoms with E-state index >= 15 is 0 Å². The Labute approximate surface area is 211 Å². The van der Waals surface area contributed by atoms with E-state index in [0.717, 1.165) is 29.2 Å². The first-order valence-corrected chi connectivity index (χ1v) is 11.6. The van der Waals surface area contributed by atoms with Crippen LogP contribution in [-0.2, 0) is 0 Å². The second-order valence-corrected chi connectivity index (χ2v) is 8.78. The summed E-state index contributed by atoms with van der Waals surface area (Å²) in [5, 5.41) is 16.3. The van der Waals surface area contributed by atoms with Crippen LogP contribution in [0.3, 0.4) is 0 Å². The summed E-state index contributed by atoms with van der Waals surface area (Å²) < 4.78 is 5.91. The van der Waals surface area contributed by atoms with Crippen molar-refractivity contribution in [1.29, 1.82) is 0 Å². The minimum absolute atomic E-state index is 0.0431. The minimum Gasteiger partial charge on any atom is -0.436 e. The molecule has 4 rings (SSSR count). The number of carbonyl (C=O) groups excluding carboxylic acids is 1. The molecule has 0 bridgehead atoms. The molecule has 0 fully saturated rings. The van der Waals surface area contributed by atoms with Gasteiger partial charge in [0, 0.05) is 23.4 Å². The Hall–Kier alpha value is -3.82. The zero-order valence-corrected chi connectivity index (χ0v) is 20.4. The van der Waals surface area contributed by atoms with Crippen LogP contribution >= 0.6 is 23.8 Å². The third-order valence-corrected chi connectivity index (χ3v) is 6.13. The molecule has 0 radical (unpaired) electrons. The lowest BCUT2D eigenvalue weighted by Gasteiger charge is -2.10. The zero-order valence-electron chi connectivity index (χ0n) is 18.9. The highest BCUT2D eigenvalue weighted by atomic mass is 35.5. The number of oxazole rings is 1. The summed E-state index contributed by atoms with van der Waals surface area (Å²) in [6.45, 7) is 4.34. The van der Waals surface area contributed by atoms with Crippen molar-refractivity contribution in [1.82, 2.24) is 10.3 Å². The first-order chi connectivity index (χ1) is 16.7. The summed E-state index contributed by atoms with van der Waals surface area (Å²) in [7, 11) is 0. The molecular weight excluding hydrogens is 488 g/mol. The van der Waals surface area contributed by atoms with Crippen LogP contribution in [0.5, 0.6) is 0 Å². The summed E-state index contributed by atoms with van der Waals surface area (Å²) in [4.78, 5) is 27.3. The molecule has 4 aromatic rings. The number of nitro benzene ring substituents is 1. The molecule has 0 spiro atoms. The number of nitrogens with one attached hydrogen (secondary N) is 2. The topological polar surface area (TPSA) is 110 Å². The predicted octanol–water partition coefficient (Wildman–Crippen LogP) is 6.70. The molecule has 1 atom stereocenters. The maximum Gasteiger partial charge on any atom is 0.270 e. The molecule has 35 heavy (non-hydrogen) atoms. The van der Waals surface area contributed by atoms with E-state index in [4.69, 9.17) is 28.2 Å². The molecule has 1 unspecified atom stereocenters. The lowest BCUT2D eigenvalue weighted by atomic mass is 9.98. The van der Waals surface area contributed by atoms with Crippen LogP contribution in [0.2, 0.25) is 5.02 Å². The van der Waals surface area contributed by atoms with E-state index in [9.17, 15) is 14.9 Å². The third kappa shape index (κ3) is 5.47. The Morgan fingerprint density at radius 1 is 1.17 bits per heavy atom. The Morgan fingerprint density at radius 3 is 2.57 bits per heavy atom. The lowest BCUT2D eigenvalue weighted by Crippen LogP contribution is -2.34. The van der Waals surface area contributed by atoms with Gasteiger partial charge in [0.15, 0.2) is 10.7 Å². The first kappa shape index (κ1) is 24.3. The van der Waals surface area contributed by atoms with Crippen molar-refractivity contribution in [2.45, 2.75) is 26.2 Å². The van der Waals surface area contributed by atoms with Crippen molar-refractivity contribution in [2.24, 2.45) is 0 Å². The van der Waals surface area contributed by atoms with Gasteiger partial charge in [-0.1, -0.05) is 31.5 Å². The number of halogens is 1. The van der Waals surface area contributed by atoms with Crippen molar-refractivity contribution in [2.75, 3.05) is 5.32 Å². The minimum atomic E-state index is -0.589. The van der Waals surface area contributed by atoms with E-state index < -0.39 is 10.8 Å². The second-order valence-electron chi connectivity index (χ2n) is 7.96. The van der Waals surface area contributed by atoms with Crippen molar-refractivity contribution in [3.63, 3.8) is 0 Å². The van der Waals surface area contributed by atoms with Gasteiger partial charge in [-0.25, -0.2) is 4.98 Å². The summed E-state index contributed by atoms with van der Waals surface area (Å²) in [5.74, 6) is 0.379. The smallest absolute Gasteiger partial charge is 0.270 e. The van der Waals surface area contributed by atoms with Crippen molar-refractivity contribution in [3.8, 4) is 11.5 Å². The largest absolute Gasteiger partial charge is 0.436 e. The molecular formula is C25H21ClN4O4S. The first-order valence-electron chi connectivity index (χ1n) is 10.8. The summed E-state index contributed by atoms with van der Waals surface area (Å²) >= 11 is 11.2. The van der Waals surface area contributed by atoms with Gasteiger partial charge in [-0.3, -0.25) is 20.2 Å². The van der Waals surface area contributed by atoms with Gasteiger partial charge in [0.05, 0.1) is 15.5 Å². The molecule has 1 amide bonds. The Balaban J connectivity index is 1.42. The number of hydrogen-bond donors (Lipinski definition) is 2. The molecule has 3 aromatic carbocycles. The fourth-order valence-electron chi connectivity index (χ4n) is 3.44. The standard InChI is InChI=1S/C25H21ClN4O4S/c1-3-14(2)16-6-11-22-21(12-16)28-24(34-22)15-4-7-17(8-5-15)27-25(35)29-23(31)19-10-9-18(30(32)33)13-20(19)26/h4-14H,3H2,1-2H3,(H2,27,29,31,35). The second kappa shape index (κ2) is 10.2. The van der Waals surface area contributed by atoms with Crippen LogP contribution in [0.15, 0.2) is 65.1 Å². The fourth-order valence-corrected chi connectivity index (χ4v) is 3.91. The summed E-state index contributed by atoms with van der Waals surface area (Å²) in [6, 6.07) is 16.9. The Morgan fingerprint density at radius 2 is 1.91 bits per heavy atom. The van der Waals surface area contributed by atoms with E-state index in [1.54, 1.807) is 12.1 Å². The Bertz CT molecular complexity index is 1440. The summed E-state index contributed by atoms with van der Waals surface area (Å²) in [6.07, 6.45) is 1.05. The molecule has 0 saturated carbocycles. The van der Waals surface area contributed by atoms with Gasteiger partial charge >= 0.3 is 0 Å². The number of nitrogens with zero attached hydrogens (tertiary/aromatic N) is 2. The number of rotatable bonds is 6. The molecule has 0 aliphatic rings. The molecule has 8 nitrogen and oxygen atoms in total. The number of nitro groups is 1. The van der Waals surface area contributed by atoms with Crippen LogP contribution in [0.4, 0.5) is 11.4 Å². The fraction of sp³-hybridized carbons (Fsp3) is 0.160. The van der Waals surface area contributed by atoms with Crippen molar-refractivity contribution in [3.05, 3.63) is 86.9 Å². The molecule has 178 valence electrons. The van der Waals surface area contributed by atoms with Crippen LogP contribution in [-0.4, -0.2) is 20.9 Å². The van der Waals surface area contributed by atoms with Gasteiger partial charge < -0.3 is 9.73 Å². The zero-order chi connectivity index (χ0) is 25.1. The van der Waals surface area contributed by atoms with Crippen molar-refractivity contribution < 1.29 is 14.1 Å². The van der Waals surface area contributed by atoms with Crippen molar-refractivity contribution >= 4 is 57.3 Å². The quantitative estimate of drug-likeness (QED) is 0.169. The highest BCUT2D eigenvalue weighted by Gasteiger charge is 2.16. The maximum atomic E-state index is 12.4. The highest BCUT2D eigenvalue weighted by Crippen LogP contribution is 2.28. The van der Waals surface area contributed by atoms with Crippen LogP contribution in [0.25, 0.3) is 22.6 Å². The number of carbonyl (C=O) groups is 1. The lowest BCUT2D eigenvalue weighted by molar-refractivity contribution is -0.384. The van der Waals surface area contributed by atoms with Crippen LogP contribution in [0, 0.1) is 10.1 Å². The average Bonchev–Trinajstić information content (AvgIpc) is 3.27. The van der Waals surface area contributed by atoms with E-state index in [2.05, 4.69) is 41.6 Å². The normalized spacial score (nSPS) is 11.7. The molecule has 0 saturated heterocycles. The third-order valence-electron chi connectivity index (χ3n) is 5.62. The SMILES string of the molecule is CCC(C)c1ccc2oc(-c3ccc(NC(=S)NC(=O)c4ccc([N+](=O)[O-])cc4Cl)cc3)nc2c1. The van der Waals surface area contributed by atoms with E-state index in [-0.39, 0.29) is 21.4 Å². The molecule has 0 aliphatic carbocycles. The number of thiocarbonyl (C=S) groups is 1. The monoisotopic (exact) mass is 508 g/mol. The number of anilines is 1. The maximum absolute atomic E-state index is 12.4. The van der Waals surface area contributed by atoms with Crippen LogP contribution in [0.1, 0.15) is 42.1 Å². The molecule has 1 aromatic heterocycles. The van der Waals surface area contributed by atoms with Gasteiger partial charge in [0.25, 0.3) is 11.6 Å². The molecule has 0 aliphatic heterocycles. The van der Waals surface area contributed by atoms with Gasteiger partial charge in [-0.05, 0) is 72.6 Å². The van der Waals surface area contributed by atoms with Gasteiger partial charge in [0.2, 0.25) is 5.89 Å². The Kier molecular flexibility index (Phi) is 7.09. The predicted molar refractivity (Wildman–Crippen MR) is 140 cm³/mol. The van der Waals surface area contributed by atoms with E-state index in [1.165, 1.54) is 17.7 Å². The molecule has 2 N–H and O–H groups in total. The number of aromatic nitrogens is 1. The molecule has 10 heteroatoms. The molecule has 1 heterocycles. The number of hydrogen-bond acceptors (Lipinski definition) is 6. The number of amides is 1.